The number of pyridine rings is 1. The molecule has 0 aliphatic heterocycles. The van der Waals surface area contributed by atoms with E-state index in [4.69, 9.17) is 17.3 Å². The third-order valence-corrected chi connectivity index (χ3v) is 3.26. The van der Waals surface area contributed by atoms with Crippen molar-refractivity contribution in [2.45, 2.75) is 18.9 Å². The van der Waals surface area contributed by atoms with Crippen LogP contribution in [0.5, 0.6) is 0 Å². The van der Waals surface area contributed by atoms with Crippen LogP contribution in [0.1, 0.15) is 12.8 Å². The first-order valence-corrected chi connectivity index (χ1v) is 6.14. The lowest BCUT2D eigenvalue weighted by Gasteiger charge is -2.12. The number of nitrogens with two attached hydrogens (primary N) is 1. The Morgan fingerprint density at radius 2 is 2.40 bits per heavy atom. The minimum absolute atomic E-state index is 0.214. The summed E-state index contributed by atoms with van der Waals surface area (Å²) in [6, 6.07) is 2.03. The lowest BCUT2D eigenvalue weighted by atomic mass is 10.2. The Hall–Kier alpha value is -0.320. The number of rotatable bonds is 4. The van der Waals surface area contributed by atoms with Gasteiger partial charge in [-0.3, -0.25) is 0 Å². The van der Waals surface area contributed by atoms with Crippen molar-refractivity contribution in [3.63, 3.8) is 0 Å². The van der Waals surface area contributed by atoms with Gasteiger partial charge in [-0.25, -0.2) is 4.98 Å². The van der Waals surface area contributed by atoms with Crippen molar-refractivity contribution in [1.82, 2.24) is 4.98 Å². The number of anilines is 1. The Bertz CT molecular complexity index is 355. The van der Waals surface area contributed by atoms with Crippen LogP contribution in [0, 0.1) is 5.92 Å². The Labute approximate surface area is 103 Å². The molecule has 1 aromatic rings. The third kappa shape index (κ3) is 3.06. The fourth-order valence-corrected chi connectivity index (χ4v) is 2.15. The smallest absolute Gasteiger partial charge is 0.144 e. The first-order valence-electron chi connectivity index (χ1n) is 4.97. The summed E-state index contributed by atoms with van der Waals surface area (Å²) in [7, 11) is 0. The standard InChI is InChI=1S/C10H13BrClN3/c11-7-3-8(12)10(14-4-7)15-5-9(13)6-1-2-6/h3-4,6,9H,1-2,5,13H2,(H,14,15). The molecule has 0 aromatic carbocycles. The second-order valence-corrected chi connectivity index (χ2v) is 5.19. The number of nitrogens with zero attached hydrogens (tertiary/aromatic N) is 1. The van der Waals surface area contributed by atoms with Crippen LogP contribution in [0.2, 0.25) is 5.02 Å². The zero-order valence-electron chi connectivity index (χ0n) is 8.21. The highest BCUT2D eigenvalue weighted by Gasteiger charge is 2.28. The third-order valence-electron chi connectivity index (χ3n) is 2.54. The van der Waals surface area contributed by atoms with Gasteiger partial charge in [0.2, 0.25) is 0 Å². The van der Waals surface area contributed by atoms with E-state index in [1.165, 1.54) is 12.8 Å². The zero-order valence-corrected chi connectivity index (χ0v) is 10.6. The summed E-state index contributed by atoms with van der Waals surface area (Å²) in [5.41, 5.74) is 5.96. The van der Waals surface area contributed by atoms with Crippen LogP contribution in [0.15, 0.2) is 16.7 Å². The summed E-state index contributed by atoms with van der Waals surface area (Å²) in [4.78, 5) is 4.18. The van der Waals surface area contributed by atoms with Gasteiger partial charge in [0, 0.05) is 23.3 Å². The molecular formula is C10H13BrClN3. The predicted molar refractivity (Wildman–Crippen MR) is 66.1 cm³/mol. The molecule has 0 saturated heterocycles. The number of hydrogen-bond acceptors (Lipinski definition) is 3. The molecule has 0 amide bonds. The summed E-state index contributed by atoms with van der Waals surface area (Å²) in [6.45, 7) is 0.735. The molecule has 3 N–H and O–H groups in total. The Balaban J connectivity index is 1.92. The molecule has 2 rings (SSSR count). The second-order valence-electron chi connectivity index (χ2n) is 3.87. The van der Waals surface area contributed by atoms with E-state index in [1.54, 1.807) is 6.20 Å². The predicted octanol–water partition coefficient (Wildman–Crippen LogP) is 2.65. The van der Waals surface area contributed by atoms with E-state index in [0.29, 0.717) is 16.8 Å². The van der Waals surface area contributed by atoms with E-state index in [-0.39, 0.29) is 6.04 Å². The number of aromatic nitrogens is 1. The van der Waals surface area contributed by atoms with Crippen LogP contribution in [0.3, 0.4) is 0 Å². The van der Waals surface area contributed by atoms with E-state index < -0.39 is 0 Å². The first kappa shape index (κ1) is 11.2. The molecule has 1 fully saturated rings. The van der Waals surface area contributed by atoms with E-state index in [1.807, 2.05) is 6.07 Å². The van der Waals surface area contributed by atoms with Crippen LogP contribution in [-0.2, 0) is 0 Å². The van der Waals surface area contributed by atoms with Crippen LogP contribution < -0.4 is 11.1 Å². The van der Waals surface area contributed by atoms with Gasteiger partial charge in [0.1, 0.15) is 5.82 Å². The van der Waals surface area contributed by atoms with Gasteiger partial charge in [0.25, 0.3) is 0 Å². The minimum atomic E-state index is 0.214. The van der Waals surface area contributed by atoms with Crippen molar-refractivity contribution in [3.8, 4) is 0 Å². The normalized spacial score (nSPS) is 17.5. The van der Waals surface area contributed by atoms with Gasteiger partial charge in [-0.15, -0.1) is 0 Å². The van der Waals surface area contributed by atoms with Gasteiger partial charge >= 0.3 is 0 Å². The van der Waals surface area contributed by atoms with Crippen LogP contribution >= 0.6 is 27.5 Å². The number of halogens is 2. The summed E-state index contributed by atoms with van der Waals surface area (Å²) >= 11 is 9.32. The largest absolute Gasteiger partial charge is 0.367 e. The lowest BCUT2D eigenvalue weighted by molar-refractivity contribution is 0.620. The summed E-state index contributed by atoms with van der Waals surface area (Å²) in [5.74, 6) is 1.39. The SMILES string of the molecule is NC(CNc1ncc(Br)cc1Cl)C1CC1. The highest BCUT2D eigenvalue weighted by molar-refractivity contribution is 9.10. The molecule has 0 radical (unpaired) electrons. The van der Waals surface area contributed by atoms with Crippen LogP contribution in [0.25, 0.3) is 0 Å². The molecule has 1 atom stereocenters. The molecule has 1 heterocycles. The Morgan fingerprint density at radius 1 is 1.67 bits per heavy atom. The van der Waals surface area contributed by atoms with Crippen molar-refractivity contribution in [2.75, 3.05) is 11.9 Å². The van der Waals surface area contributed by atoms with E-state index in [9.17, 15) is 0 Å². The molecule has 1 aliphatic rings. The number of nitrogens with one attached hydrogen (secondary N) is 1. The average Bonchev–Trinajstić information content (AvgIpc) is 2.99. The summed E-state index contributed by atoms with van der Waals surface area (Å²) in [6.07, 6.45) is 4.23. The van der Waals surface area contributed by atoms with Gasteiger partial charge in [0.05, 0.1) is 5.02 Å². The van der Waals surface area contributed by atoms with Gasteiger partial charge < -0.3 is 11.1 Å². The van der Waals surface area contributed by atoms with Gasteiger partial charge in [0.15, 0.2) is 0 Å². The molecule has 0 bridgehead atoms. The van der Waals surface area contributed by atoms with E-state index in [0.717, 1.165) is 11.0 Å². The average molecular weight is 291 g/mol. The molecule has 82 valence electrons. The van der Waals surface area contributed by atoms with Gasteiger partial charge in [-0.1, -0.05) is 11.6 Å². The van der Waals surface area contributed by atoms with Crippen molar-refractivity contribution in [1.29, 1.82) is 0 Å². The van der Waals surface area contributed by atoms with Crippen molar-refractivity contribution < 1.29 is 0 Å². The zero-order chi connectivity index (χ0) is 10.8. The maximum atomic E-state index is 6.01. The second kappa shape index (κ2) is 4.68. The first-order chi connectivity index (χ1) is 7.16. The van der Waals surface area contributed by atoms with Crippen molar-refractivity contribution in [3.05, 3.63) is 21.8 Å². The Kier molecular flexibility index (Phi) is 3.49. The maximum absolute atomic E-state index is 6.01. The topological polar surface area (TPSA) is 50.9 Å². The van der Waals surface area contributed by atoms with Crippen LogP contribution in [-0.4, -0.2) is 17.6 Å². The molecule has 1 saturated carbocycles. The van der Waals surface area contributed by atoms with E-state index >= 15 is 0 Å². The minimum Gasteiger partial charge on any atom is -0.367 e. The molecule has 3 nitrogen and oxygen atoms in total. The molecule has 1 aliphatic carbocycles. The molecule has 15 heavy (non-hydrogen) atoms. The molecule has 1 unspecified atom stereocenters. The highest BCUT2D eigenvalue weighted by atomic mass is 79.9. The molecule has 0 spiro atoms. The monoisotopic (exact) mass is 289 g/mol. The molecular weight excluding hydrogens is 277 g/mol. The van der Waals surface area contributed by atoms with Crippen LogP contribution in [0.4, 0.5) is 5.82 Å². The van der Waals surface area contributed by atoms with Gasteiger partial charge in [-0.2, -0.15) is 0 Å². The fourth-order valence-electron chi connectivity index (χ4n) is 1.45. The molecule has 1 aromatic heterocycles. The molecule has 5 heteroatoms. The summed E-state index contributed by atoms with van der Waals surface area (Å²) in [5, 5.41) is 3.79. The fraction of sp³-hybridized carbons (Fsp3) is 0.500. The maximum Gasteiger partial charge on any atom is 0.144 e. The van der Waals surface area contributed by atoms with E-state index in [2.05, 4.69) is 26.2 Å². The van der Waals surface area contributed by atoms with Crippen molar-refractivity contribution in [2.24, 2.45) is 11.7 Å². The highest BCUT2D eigenvalue weighted by Crippen LogP contribution is 2.31. The quantitative estimate of drug-likeness (QED) is 0.896. The van der Waals surface area contributed by atoms with Gasteiger partial charge in [-0.05, 0) is 40.8 Å². The summed E-state index contributed by atoms with van der Waals surface area (Å²) < 4.78 is 0.879. The lowest BCUT2D eigenvalue weighted by Crippen LogP contribution is -2.31. The Morgan fingerprint density at radius 3 is 3.00 bits per heavy atom. The number of hydrogen-bond donors (Lipinski definition) is 2. The van der Waals surface area contributed by atoms with Crippen molar-refractivity contribution >= 4 is 33.3 Å².